The summed E-state index contributed by atoms with van der Waals surface area (Å²) in [5.41, 5.74) is 6.95. The van der Waals surface area contributed by atoms with E-state index in [0.717, 1.165) is 30.0 Å². The van der Waals surface area contributed by atoms with Gasteiger partial charge in [-0.15, -0.1) is 11.3 Å². The standard InChI is InChI=1S/C14H17N3S2/c15-14(18)11-6-3-4-8-17(11)9-13-16-10-5-1-2-7-12(10)19-13/h1-2,5,7,11H,3-4,6,8-9H2,(H2,15,18). The molecule has 1 aromatic heterocycles. The second kappa shape index (κ2) is 5.53. The molecule has 2 N–H and O–H groups in total. The van der Waals surface area contributed by atoms with Crippen molar-refractivity contribution in [3.8, 4) is 0 Å². The van der Waals surface area contributed by atoms with Crippen molar-refractivity contribution >= 4 is 38.8 Å². The number of likely N-dealkylation sites (tertiary alicyclic amines) is 1. The first-order chi connectivity index (χ1) is 9.24. The lowest BCUT2D eigenvalue weighted by Crippen LogP contribution is -2.46. The average molecular weight is 291 g/mol. The quantitative estimate of drug-likeness (QED) is 0.883. The zero-order valence-electron chi connectivity index (χ0n) is 10.7. The Morgan fingerprint density at radius 2 is 2.26 bits per heavy atom. The van der Waals surface area contributed by atoms with Gasteiger partial charge in [-0.3, -0.25) is 4.90 Å². The first-order valence-electron chi connectivity index (χ1n) is 6.62. The summed E-state index contributed by atoms with van der Waals surface area (Å²) in [6, 6.07) is 8.53. The first-order valence-corrected chi connectivity index (χ1v) is 7.84. The summed E-state index contributed by atoms with van der Waals surface area (Å²) in [5, 5.41) is 1.16. The summed E-state index contributed by atoms with van der Waals surface area (Å²) < 4.78 is 1.25. The van der Waals surface area contributed by atoms with Crippen molar-refractivity contribution in [1.29, 1.82) is 0 Å². The van der Waals surface area contributed by atoms with E-state index in [1.54, 1.807) is 11.3 Å². The number of benzene rings is 1. The number of hydrogen-bond donors (Lipinski definition) is 1. The highest BCUT2D eigenvalue weighted by molar-refractivity contribution is 7.80. The van der Waals surface area contributed by atoms with Crippen LogP contribution in [0.4, 0.5) is 0 Å². The number of thiocarbonyl (C=S) groups is 1. The number of para-hydroxylation sites is 1. The molecule has 19 heavy (non-hydrogen) atoms. The van der Waals surface area contributed by atoms with Crippen LogP contribution in [0.5, 0.6) is 0 Å². The zero-order valence-corrected chi connectivity index (χ0v) is 12.3. The number of aromatic nitrogens is 1. The highest BCUT2D eigenvalue weighted by atomic mass is 32.1. The Bertz CT molecular complexity index is 560. The Balaban J connectivity index is 1.80. The van der Waals surface area contributed by atoms with Crippen molar-refractivity contribution in [2.24, 2.45) is 5.73 Å². The predicted molar refractivity (Wildman–Crippen MR) is 84.5 cm³/mol. The van der Waals surface area contributed by atoms with E-state index in [0.29, 0.717) is 4.99 Å². The fourth-order valence-corrected chi connectivity index (χ4v) is 3.92. The normalized spacial score (nSPS) is 20.7. The number of piperidine rings is 1. The molecule has 1 atom stereocenters. The third-order valence-corrected chi connectivity index (χ3v) is 4.91. The molecule has 2 aromatic rings. The van der Waals surface area contributed by atoms with Gasteiger partial charge in [0.2, 0.25) is 0 Å². The highest BCUT2D eigenvalue weighted by Crippen LogP contribution is 2.25. The van der Waals surface area contributed by atoms with Crippen LogP contribution < -0.4 is 5.73 Å². The number of nitrogens with two attached hydrogens (primary N) is 1. The van der Waals surface area contributed by atoms with E-state index >= 15 is 0 Å². The summed E-state index contributed by atoms with van der Waals surface area (Å²) in [4.78, 5) is 7.70. The molecule has 1 aliphatic heterocycles. The number of hydrogen-bond acceptors (Lipinski definition) is 4. The molecule has 0 saturated carbocycles. The fraction of sp³-hybridized carbons (Fsp3) is 0.429. The van der Waals surface area contributed by atoms with Crippen molar-refractivity contribution in [3.05, 3.63) is 29.3 Å². The molecule has 0 spiro atoms. The van der Waals surface area contributed by atoms with Crippen LogP contribution in [-0.2, 0) is 6.54 Å². The lowest BCUT2D eigenvalue weighted by atomic mass is 10.0. The molecule has 0 bridgehead atoms. The van der Waals surface area contributed by atoms with E-state index < -0.39 is 0 Å². The van der Waals surface area contributed by atoms with E-state index in [-0.39, 0.29) is 6.04 Å². The van der Waals surface area contributed by atoms with Gasteiger partial charge >= 0.3 is 0 Å². The Hall–Kier alpha value is -1.04. The molecule has 100 valence electrons. The maximum Gasteiger partial charge on any atom is 0.108 e. The van der Waals surface area contributed by atoms with Crippen LogP contribution in [0.3, 0.4) is 0 Å². The van der Waals surface area contributed by atoms with E-state index in [4.69, 9.17) is 22.9 Å². The smallest absolute Gasteiger partial charge is 0.108 e. The molecule has 3 rings (SSSR count). The molecule has 1 saturated heterocycles. The van der Waals surface area contributed by atoms with Crippen LogP contribution in [0, 0.1) is 0 Å². The average Bonchev–Trinajstić information content (AvgIpc) is 2.81. The van der Waals surface area contributed by atoms with Crippen LogP contribution in [-0.4, -0.2) is 27.5 Å². The van der Waals surface area contributed by atoms with Gasteiger partial charge in [-0.05, 0) is 31.5 Å². The Kier molecular flexibility index (Phi) is 3.77. The third-order valence-electron chi connectivity index (χ3n) is 3.62. The molecule has 5 heteroatoms. The van der Waals surface area contributed by atoms with Crippen molar-refractivity contribution in [3.63, 3.8) is 0 Å². The maximum atomic E-state index is 5.86. The Labute approximate surface area is 122 Å². The third kappa shape index (κ3) is 2.78. The van der Waals surface area contributed by atoms with Crippen LogP contribution >= 0.6 is 23.6 Å². The van der Waals surface area contributed by atoms with Gasteiger partial charge in [0.05, 0.1) is 27.8 Å². The number of rotatable bonds is 3. The van der Waals surface area contributed by atoms with Crippen LogP contribution in [0.2, 0.25) is 0 Å². The van der Waals surface area contributed by atoms with E-state index in [9.17, 15) is 0 Å². The molecular weight excluding hydrogens is 274 g/mol. The lowest BCUT2D eigenvalue weighted by molar-refractivity contribution is 0.184. The van der Waals surface area contributed by atoms with E-state index in [1.807, 2.05) is 6.07 Å². The monoisotopic (exact) mass is 291 g/mol. The predicted octanol–water partition coefficient (Wildman–Crippen LogP) is 2.94. The molecule has 1 aromatic carbocycles. The maximum absolute atomic E-state index is 5.86. The van der Waals surface area contributed by atoms with Gasteiger partial charge in [0.15, 0.2) is 0 Å². The van der Waals surface area contributed by atoms with Crippen LogP contribution in [0.25, 0.3) is 10.2 Å². The van der Waals surface area contributed by atoms with Gasteiger partial charge in [0, 0.05) is 0 Å². The molecule has 0 amide bonds. The van der Waals surface area contributed by atoms with Crippen molar-refractivity contribution in [2.45, 2.75) is 31.8 Å². The SMILES string of the molecule is NC(=S)C1CCCCN1Cc1nc2ccccc2s1. The van der Waals surface area contributed by atoms with Crippen molar-refractivity contribution < 1.29 is 0 Å². The molecule has 0 radical (unpaired) electrons. The van der Waals surface area contributed by atoms with Gasteiger partial charge in [-0.2, -0.15) is 0 Å². The minimum absolute atomic E-state index is 0.246. The molecule has 2 heterocycles. The van der Waals surface area contributed by atoms with Crippen LogP contribution in [0.15, 0.2) is 24.3 Å². The number of fused-ring (bicyclic) bond motifs is 1. The number of thiazole rings is 1. The van der Waals surface area contributed by atoms with Gasteiger partial charge < -0.3 is 5.73 Å². The first kappa shape index (κ1) is 13.0. The van der Waals surface area contributed by atoms with Gasteiger partial charge in [0.25, 0.3) is 0 Å². The minimum Gasteiger partial charge on any atom is -0.392 e. The van der Waals surface area contributed by atoms with Crippen LogP contribution in [0.1, 0.15) is 24.3 Å². The molecular formula is C14H17N3S2. The minimum atomic E-state index is 0.246. The molecule has 1 aliphatic rings. The molecule has 1 unspecified atom stereocenters. The van der Waals surface area contributed by atoms with Crippen molar-refractivity contribution in [2.75, 3.05) is 6.54 Å². The van der Waals surface area contributed by atoms with Gasteiger partial charge in [-0.1, -0.05) is 30.8 Å². The molecule has 0 aliphatic carbocycles. The molecule has 1 fully saturated rings. The largest absolute Gasteiger partial charge is 0.392 e. The summed E-state index contributed by atoms with van der Waals surface area (Å²) >= 11 is 6.96. The summed E-state index contributed by atoms with van der Waals surface area (Å²) in [6.07, 6.45) is 3.53. The van der Waals surface area contributed by atoms with E-state index in [1.165, 1.54) is 17.5 Å². The van der Waals surface area contributed by atoms with Gasteiger partial charge in [0.1, 0.15) is 5.01 Å². The second-order valence-corrected chi connectivity index (χ2v) is 6.55. The van der Waals surface area contributed by atoms with Gasteiger partial charge in [-0.25, -0.2) is 4.98 Å². The topological polar surface area (TPSA) is 42.1 Å². The zero-order chi connectivity index (χ0) is 13.2. The number of nitrogens with zero attached hydrogens (tertiary/aromatic N) is 2. The summed E-state index contributed by atoms with van der Waals surface area (Å²) in [7, 11) is 0. The van der Waals surface area contributed by atoms with Crippen molar-refractivity contribution in [1.82, 2.24) is 9.88 Å². The Morgan fingerprint density at radius 1 is 1.42 bits per heavy atom. The fourth-order valence-electron chi connectivity index (χ4n) is 2.66. The molecule has 3 nitrogen and oxygen atoms in total. The summed E-state index contributed by atoms with van der Waals surface area (Å²) in [5.74, 6) is 0. The van der Waals surface area contributed by atoms with E-state index in [2.05, 4.69) is 23.1 Å². The second-order valence-electron chi connectivity index (χ2n) is 4.96. The lowest BCUT2D eigenvalue weighted by Gasteiger charge is -2.34. The highest BCUT2D eigenvalue weighted by Gasteiger charge is 2.25. The summed E-state index contributed by atoms with van der Waals surface area (Å²) in [6.45, 7) is 1.93. The Morgan fingerprint density at radius 3 is 3.05 bits per heavy atom.